The molecule has 0 amide bonds. The van der Waals surface area contributed by atoms with Crippen molar-refractivity contribution in [3.8, 4) is 0 Å². The van der Waals surface area contributed by atoms with Crippen molar-refractivity contribution >= 4 is 27.7 Å². The van der Waals surface area contributed by atoms with E-state index in [0.29, 0.717) is 23.5 Å². The van der Waals surface area contributed by atoms with Crippen LogP contribution in [0.15, 0.2) is 0 Å². The van der Waals surface area contributed by atoms with Crippen LogP contribution in [0.2, 0.25) is 0 Å². The van der Waals surface area contributed by atoms with Crippen LogP contribution in [0, 0.1) is 28.6 Å². The molecule has 1 saturated heterocycles. The SMILES string of the molecule is CC(=O)O[C@H]1CC[C@]23CO[C@H](CC4C2CC[C@]2(C)C(=O)CCC42)[C@@]3(Br)C1. The number of hydrogen-bond donors (Lipinski definition) is 0. The summed E-state index contributed by atoms with van der Waals surface area (Å²) in [7, 11) is 0. The fourth-order valence-electron chi connectivity index (χ4n) is 7.80. The first-order valence-corrected chi connectivity index (χ1v) is 11.1. The molecule has 5 aliphatic rings. The Balaban J connectivity index is 1.48. The first-order valence-electron chi connectivity index (χ1n) is 10.3. The largest absolute Gasteiger partial charge is 0.463 e. The van der Waals surface area contributed by atoms with Crippen LogP contribution in [0.25, 0.3) is 0 Å². The van der Waals surface area contributed by atoms with Crippen molar-refractivity contribution in [2.45, 2.75) is 81.7 Å². The number of alkyl halides is 1. The van der Waals surface area contributed by atoms with Gasteiger partial charge in [0.05, 0.1) is 17.0 Å². The van der Waals surface area contributed by atoms with Gasteiger partial charge in [-0.05, 0) is 56.3 Å². The normalized spacial score (nSPS) is 55.0. The Morgan fingerprint density at radius 3 is 2.81 bits per heavy atom. The van der Waals surface area contributed by atoms with Crippen molar-refractivity contribution in [1.29, 1.82) is 0 Å². The highest BCUT2D eigenvalue weighted by Gasteiger charge is 2.72. The summed E-state index contributed by atoms with van der Waals surface area (Å²) in [6.07, 6.45) is 8.13. The summed E-state index contributed by atoms with van der Waals surface area (Å²) in [4.78, 5) is 24.1. The molecule has 1 heterocycles. The van der Waals surface area contributed by atoms with Crippen molar-refractivity contribution in [1.82, 2.24) is 0 Å². The number of carbonyl (C=O) groups excluding carboxylic acids is 2. The van der Waals surface area contributed by atoms with Gasteiger partial charge in [-0.1, -0.05) is 22.9 Å². The number of hydrogen-bond acceptors (Lipinski definition) is 4. The number of carbonyl (C=O) groups is 2. The molecule has 4 aliphatic carbocycles. The number of esters is 1. The van der Waals surface area contributed by atoms with Crippen LogP contribution in [0.4, 0.5) is 0 Å². The molecule has 4 saturated carbocycles. The van der Waals surface area contributed by atoms with Gasteiger partial charge in [0, 0.05) is 30.6 Å². The van der Waals surface area contributed by atoms with E-state index in [1.807, 2.05) is 0 Å². The van der Waals surface area contributed by atoms with E-state index in [-0.39, 0.29) is 33.3 Å². The predicted octanol–water partition coefficient (Wildman–Crippen LogP) is 4.04. The molecule has 0 radical (unpaired) electrons. The quantitative estimate of drug-likeness (QED) is 0.470. The summed E-state index contributed by atoms with van der Waals surface area (Å²) in [5, 5.41) is 0. The molecule has 4 nitrogen and oxygen atoms in total. The molecule has 8 atom stereocenters. The maximum atomic E-state index is 12.6. The third kappa shape index (κ3) is 2.05. The molecule has 2 bridgehead atoms. The van der Waals surface area contributed by atoms with Crippen LogP contribution in [-0.4, -0.2) is 34.9 Å². The lowest BCUT2D eigenvalue weighted by molar-refractivity contribution is -0.154. The van der Waals surface area contributed by atoms with E-state index in [1.54, 1.807) is 0 Å². The van der Waals surface area contributed by atoms with Crippen LogP contribution in [-0.2, 0) is 19.1 Å². The minimum atomic E-state index is -0.179. The van der Waals surface area contributed by atoms with Gasteiger partial charge in [0.2, 0.25) is 0 Å². The van der Waals surface area contributed by atoms with Crippen molar-refractivity contribution in [2.24, 2.45) is 28.6 Å². The summed E-state index contributed by atoms with van der Waals surface area (Å²) in [5.41, 5.74) is 0.0582. The smallest absolute Gasteiger partial charge is 0.302 e. The zero-order valence-corrected chi connectivity index (χ0v) is 17.3. The number of Topliss-reactive ketones (excluding diaryl/α,β-unsaturated/α-hetero) is 1. The fourth-order valence-corrected chi connectivity index (χ4v) is 9.09. The Labute approximate surface area is 163 Å². The van der Waals surface area contributed by atoms with E-state index < -0.39 is 0 Å². The highest BCUT2D eigenvalue weighted by Crippen LogP contribution is 2.71. The summed E-state index contributed by atoms with van der Waals surface area (Å²) in [5.74, 6) is 2.10. The molecule has 26 heavy (non-hydrogen) atoms. The fraction of sp³-hybridized carbons (Fsp3) is 0.905. The molecular formula is C21H29BrO4. The first kappa shape index (κ1) is 17.7. The number of ketones is 1. The van der Waals surface area contributed by atoms with Gasteiger partial charge in [0.15, 0.2) is 0 Å². The number of ether oxygens (including phenoxy) is 2. The Hall–Kier alpha value is -0.420. The lowest BCUT2D eigenvalue weighted by atomic mass is 9.45. The van der Waals surface area contributed by atoms with Gasteiger partial charge in [0.25, 0.3) is 0 Å². The Morgan fingerprint density at radius 2 is 2.04 bits per heavy atom. The maximum Gasteiger partial charge on any atom is 0.302 e. The second-order valence-corrected chi connectivity index (χ2v) is 11.2. The molecule has 0 aromatic rings. The average molecular weight is 425 g/mol. The van der Waals surface area contributed by atoms with E-state index in [4.69, 9.17) is 9.47 Å². The second-order valence-electron chi connectivity index (χ2n) is 9.82. The van der Waals surface area contributed by atoms with E-state index in [2.05, 4.69) is 22.9 Å². The third-order valence-corrected chi connectivity index (χ3v) is 10.6. The Morgan fingerprint density at radius 1 is 1.23 bits per heavy atom. The number of halogens is 1. The second kappa shape index (κ2) is 5.56. The van der Waals surface area contributed by atoms with Crippen LogP contribution in [0.1, 0.15) is 65.2 Å². The zero-order valence-electron chi connectivity index (χ0n) is 15.8. The lowest BCUT2D eigenvalue weighted by Gasteiger charge is -2.62. The molecule has 0 N–H and O–H groups in total. The molecule has 0 aromatic carbocycles. The van der Waals surface area contributed by atoms with Gasteiger partial charge < -0.3 is 9.47 Å². The minimum Gasteiger partial charge on any atom is -0.463 e. The molecule has 1 aliphatic heterocycles. The molecule has 144 valence electrons. The van der Waals surface area contributed by atoms with E-state index in [9.17, 15) is 9.59 Å². The van der Waals surface area contributed by atoms with Crippen molar-refractivity contribution < 1.29 is 19.1 Å². The standard InChI is InChI=1S/C21H29BrO4/c1-12(23)26-13-5-8-20-11-25-18(21(20,22)10-13)9-14-15-3-4-17(24)19(15,2)7-6-16(14)20/h13-16,18H,3-11H2,1-2H3/t13-,14?,15?,16?,18+,19-,20-,21-/m0/s1. The summed E-state index contributed by atoms with van der Waals surface area (Å²) >= 11 is 4.16. The molecule has 0 aromatic heterocycles. The molecule has 5 rings (SSSR count). The Kier molecular flexibility index (Phi) is 3.78. The number of rotatable bonds is 1. The summed E-state index contributed by atoms with van der Waals surface area (Å²) in [6, 6.07) is 0. The topological polar surface area (TPSA) is 52.6 Å². The summed E-state index contributed by atoms with van der Waals surface area (Å²) in [6.45, 7) is 4.57. The molecule has 5 heteroatoms. The molecule has 5 fully saturated rings. The van der Waals surface area contributed by atoms with Gasteiger partial charge >= 0.3 is 5.97 Å². The molecular weight excluding hydrogens is 396 g/mol. The maximum absolute atomic E-state index is 12.6. The molecule has 0 spiro atoms. The van der Waals surface area contributed by atoms with Gasteiger partial charge in [-0.15, -0.1) is 0 Å². The third-order valence-electron chi connectivity index (χ3n) is 8.99. The van der Waals surface area contributed by atoms with Crippen LogP contribution in [0.5, 0.6) is 0 Å². The average Bonchev–Trinajstić information content (AvgIpc) is 2.95. The van der Waals surface area contributed by atoms with Crippen molar-refractivity contribution in [3.05, 3.63) is 0 Å². The van der Waals surface area contributed by atoms with Crippen LogP contribution < -0.4 is 0 Å². The monoisotopic (exact) mass is 424 g/mol. The van der Waals surface area contributed by atoms with E-state index in [0.717, 1.165) is 58.0 Å². The highest BCUT2D eigenvalue weighted by molar-refractivity contribution is 9.10. The van der Waals surface area contributed by atoms with E-state index >= 15 is 0 Å². The lowest BCUT2D eigenvalue weighted by Crippen LogP contribution is -2.63. The van der Waals surface area contributed by atoms with Gasteiger partial charge in [-0.25, -0.2) is 0 Å². The van der Waals surface area contributed by atoms with Crippen LogP contribution >= 0.6 is 15.9 Å². The Bertz CT molecular complexity index is 664. The molecule has 3 unspecified atom stereocenters. The van der Waals surface area contributed by atoms with Crippen LogP contribution in [0.3, 0.4) is 0 Å². The number of fused-ring (bicyclic) bond motifs is 3. The van der Waals surface area contributed by atoms with Gasteiger partial charge in [0.1, 0.15) is 11.9 Å². The zero-order chi connectivity index (χ0) is 18.3. The van der Waals surface area contributed by atoms with Gasteiger partial charge in [-0.3, -0.25) is 9.59 Å². The van der Waals surface area contributed by atoms with Crippen molar-refractivity contribution in [3.63, 3.8) is 0 Å². The van der Waals surface area contributed by atoms with E-state index in [1.165, 1.54) is 6.92 Å². The highest BCUT2D eigenvalue weighted by atomic mass is 79.9. The van der Waals surface area contributed by atoms with Crippen molar-refractivity contribution in [2.75, 3.05) is 6.61 Å². The van der Waals surface area contributed by atoms with Gasteiger partial charge in [-0.2, -0.15) is 0 Å². The predicted molar refractivity (Wildman–Crippen MR) is 99.9 cm³/mol. The minimum absolute atomic E-state index is 0.00247. The first-order chi connectivity index (χ1) is 12.3. The summed E-state index contributed by atoms with van der Waals surface area (Å²) < 4.78 is 11.9.